The van der Waals surface area contributed by atoms with Crippen LogP contribution in [-0.2, 0) is 9.53 Å². The van der Waals surface area contributed by atoms with Crippen molar-refractivity contribution in [2.75, 3.05) is 31.7 Å². The minimum Gasteiger partial charge on any atom is -0.369 e. The highest BCUT2D eigenvalue weighted by atomic mass is 16.5. The first kappa shape index (κ1) is 11.1. The second-order valence-electron chi connectivity index (χ2n) is 3.83. The van der Waals surface area contributed by atoms with Crippen molar-refractivity contribution in [1.82, 2.24) is 5.32 Å². The van der Waals surface area contributed by atoms with Gasteiger partial charge in [-0.25, -0.2) is 0 Å². The van der Waals surface area contributed by atoms with E-state index in [2.05, 4.69) is 5.32 Å². The number of morpholine rings is 1. The molecule has 16 heavy (non-hydrogen) atoms. The van der Waals surface area contributed by atoms with Gasteiger partial charge in [0.15, 0.2) is 0 Å². The van der Waals surface area contributed by atoms with Crippen molar-refractivity contribution >= 4 is 11.6 Å². The highest BCUT2D eigenvalue weighted by molar-refractivity contribution is 5.95. The molecular weight excluding hydrogens is 204 g/mol. The number of nitrogens with zero attached hydrogens (tertiary/aromatic N) is 1. The van der Waals surface area contributed by atoms with Crippen molar-refractivity contribution in [3.05, 3.63) is 30.3 Å². The Morgan fingerprint density at radius 1 is 1.44 bits per heavy atom. The van der Waals surface area contributed by atoms with Gasteiger partial charge in [-0.15, -0.1) is 0 Å². The van der Waals surface area contributed by atoms with E-state index >= 15 is 0 Å². The molecule has 86 valence electrons. The maximum absolute atomic E-state index is 11.9. The minimum absolute atomic E-state index is 0.0256. The fourth-order valence-electron chi connectivity index (χ4n) is 1.96. The molecule has 1 aliphatic rings. The first-order valence-corrected chi connectivity index (χ1v) is 5.42. The third-order valence-corrected chi connectivity index (χ3v) is 2.64. The molecule has 4 nitrogen and oxygen atoms in total. The van der Waals surface area contributed by atoms with E-state index in [0.717, 1.165) is 12.2 Å². The lowest BCUT2D eigenvalue weighted by Gasteiger charge is -2.35. The number of carbonyl (C=O) groups excluding carboxylic acids is 1. The molecule has 0 bridgehead atoms. The summed E-state index contributed by atoms with van der Waals surface area (Å²) in [4.78, 5) is 13.7. The Hall–Kier alpha value is -1.39. The van der Waals surface area contributed by atoms with Crippen LogP contribution in [0.3, 0.4) is 0 Å². The molecule has 1 saturated heterocycles. The number of amides is 1. The first-order chi connectivity index (χ1) is 7.83. The van der Waals surface area contributed by atoms with Gasteiger partial charge in [-0.3, -0.25) is 4.79 Å². The number of ether oxygens (including phenoxy) is 1. The van der Waals surface area contributed by atoms with Crippen LogP contribution in [0, 0.1) is 0 Å². The molecule has 0 radical (unpaired) electrons. The SMILES string of the molecule is CNCC1COCC(=O)N1c1ccccc1. The molecule has 1 aromatic rings. The number of anilines is 1. The van der Waals surface area contributed by atoms with Crippen LogP contribution in [0.4, 0.5) is 5.69 Å². The maximum Gasteiger partial charge on any atom is 0.253 e. The molecule has 0 aliphatic carbocycles. The Kier molecular flexibility index (Phi) is 3.54. The number of hydrogen-bond donors (Lipinski definition) is 1. The van der Waals surface area contributed by atoms with Gasteiger partial charge in [0.05, 0.1) is 12.6 Å². The lowest BCUT2D eigenvalue weighted by atomic mass is 10.2. The monoisotopic (exact) mass is 220 g/mol. The quantitative estimate of drug-likeness (QED) is 0.812. The van der Waals surface area contributed by atoms with Crippen molar-refractivity contribution in [3.8, 4) is 0 Å². The fraction of sp³-hybridized carbons (Fsp3) is 0.417. The van der Waals surface area contributed by atoms with E-state index < -0.39 is 0 Å². The van der Waals surface area contributed by atoms with Crippen LogP contribution in [0.5, 0.6) is 0 Å². The molecule has 4 heteroatoms. The van der Waals surface area contributed by atoms with Crippen LogP contribution in [0.2, 0.25) is 0 Å². The second kappa shape index (κ2) is 5.09. The van der Waals surface area contributed by atoms with Crippen molar-refractivity contribution < 1.29 is 9.53 Å². The molecule has 1 aliphatic heterocycles. The van der Waals surface area contributed by atoms with Crippen molar-refractivity contribution in [1.29, 1.82) is 0 Å². The highest BCUT2D eigenvalue weighted by Gasteiger charge is 2.29. The molecular formula is C12H16N2O2. The van der Waals surface area contributed by atoms with Crippen molar-refractivity contribution in [3.63, 3.8) is 0 Å². The van der Waals surface area contributed by atoms with Gasteiger partial charge in [0, 0.05) is 12.2 Å². The molecule has 1 amide bonds. The average Bonchev–Trinajstić information content (AvgIpc) is 2.31. The summed E-state index contributed by atoms with van der Waals surface area (Å²) in [6, 6.07) is 9.80. The normalized spacial score (nSPS) is 21.2. The predicted octanol–water partition coefficient (Wildman–Crippen LogP) is 0.638. The Bertz CT molecular complexity index is 351. The summed E-state index contributed by atoms with van der Waals surface area (Å²) in [6.45, 7) is 1.50. The fourth-order valence-corrected chi connectivity index (χ4v) is 1.96. The summed E-state index contributed by atoms with van der Waals surface area (Å²) < 4.78 is 5.27. The van der Waals surface area contributed by atoms with E-state index in [0.29, 0.717) is 6.61 Å². The van der Waals surface area contributed by atoms with Gasteiger partial charge in [0.25, 0.3) is 5.91 Å². The van der Waals surface area contributed by atoms with Crippen LogP contribution < -0.4 is 10.2 Å². The number of likely N-dealkylation sites (N-methyl/N-ethyl adjacent to an activating group) is 1. The summed E-state index contributed by atoms with van der Waals surface area (Å²) >= 11 is 0. The molecule has 1 N–H and O–H groups in total. The number of hydrogen-bond acceptors (Lipinski definition) is 3. The van der Waals surface area contributed by atoms with E-state index in [1.807, 2.05) is 42.3 Å². The molecule has 1 heterocycles. The largest absolute Gasteiger partial charge is 0.369 e. The lowest BCUT2D eigenvalue weighted by Crippen LogP contribution is -2.53. The standard InChI is InChI=1S/C12H16N2O2/c1-13-7-11-8-16-9-12(15)14(11)10-5-3-2-4-6-10/h2-6,11,13H,7-9H2,1H3. The molecule has 0 spiro atoms. The van der Waals surface area contributed by atoms with Crippen molar-refractivity contribution in [2.24, 2.45) is 0 Å². The Balaban J connectivity index is 2.23. The molecule has 0 aromatic heterocycles. The summed E-state index contributed by atoms with van der Waals surface area (Å²) in [5, 5.41) is 3.08. The third-order valence-electron chi connectivity index (χ3n) is 2.64. The van der Waals surface area contributed by atoms with Crippen LogP contribution in [0.1, 0.15) is 0 Å². The number of nitrogens with one attached hydrogen (secondary N) is 1. The highest BCUT2D eigenvalue weighted by Crippen LogP contribution is 2.19. The van der Waals surface area contributed by atoms with E-state index in [1.165, 1.54) is 0 Å². The molecule has 1 atom stereocenters. The second-order valence-corrected chi connectivity index (χ2v) is 3.83. The third kappa shape index (κ3) is 2.23. The molecule has 2 rings (SSSR count). The maximum atomic E-state index is 11.9. The first-order valence-electron chi connectivity index (χ1n) is 5.42. The van der Waals surface area contributed by atoms with Gasteiger partial charge in [0.2, 0.25) is 0 Å². The molecule has 1 fully saturated rings. The van der Waals surface area contributed by atoms with Gasteiger partial charge < -0.3 is 15.0 Å². The average molecular weight is 220 g/mol. The molecule has 1 aromatic carbocycles. The lowest BCUT2D eigenvalue weighted by molar-refractivity contribution is -0.127. The zero-order chi connectivity index (χ0) is 11.4. The van der Waals surface area contributed by atoms with Crippen LogP contribution in [-0.4, -0.2) is 38.8 Å². The van der Waals surface area contributed by atoms with Gasteiger partial charge in [0.1, 0.15) is 6.61 Å². The molecule has 0 saturated carbocycles. The number of rotatable bonds is 3. The van der Waals surface area contributed by atoms with Crippen molar-refractivity contribution in [2.45, 2.75) is 6.04 Å². The topological polar surface area (TPSA) is 41.6 Å². The number of para-hydroxylation sites is 1. The van der Waals surface area contributed by atoms with Gasteiger partial charge >= 0.3 is 0 Å². The number of benzene rings is 1. The van der Waals surface area contributed by atoms with E-state index in [1.54, 1.807) is 0 Å². The Labute approximate surface area is 95.2 Å². The summed E-state index contributed by atoms with van der Waals surface area (Å²) in [7, 11) is 1.88. The summed E-state index contributed by atoms with van der Waals surface area (Å²) in [6.07, 6.45) is 0. The van der Waals surface area contributed by atoms with Crippen LogP contribution in [0.25, 0.3) is 0 Å². The summed E-state index contributed by atoms with van der Waals surface area (Å²) in [5.41, 5.74) is 0.941. The number of carbonyl (C=O) groups is 1. The Morgan fingerprint density at radius 3 is 2.88 bits per heavy atom. The van der Waals surface area contributed by atoms with E-state index in [-0.39, 0.29) is 18.6 Å². The minimum atomic E-state index is 0.0256. The van der Waals surface area contributed by atoms with E-state index in [4.69, 9.17) is 4.74 Å². The van der Waals surface area contributed by atoms with Gasteiger partial charge in [-0.05, 0) is 19.2 Å². The predicted molar refractivity (Wildman–Crippen MR) is 62.5 cm³/mol. The van der Waals surface area contributed by atoms with Crippen LogP contribution in [0.15, 0.2) is 30.3 Å². The van der Waals surface area contributed by atoms with E-state index in [9.17, 15) is 4.79 Å². The van der Waals surface area contributed by atoms with Gasteiger partial charge in [-0.2, -0.15) is 0 Å². The smallest absolute Gasteiger partial charge is 0.253 e. The Morgan fingerprint density at radius 2 is 2.19 bits per heavy atom. The van der Waals surface area contributed by atoms with Crippen LogP contribution >= 0.6 is 0 Å². The van der Waals surface area contributed by atoms with Gasteiger partial charge in [-0.1, -0.05) is 18.2 Å². The zero-order valence-corrected chi connectivity index (χ0v) is 9.35. The zero-order valence-electron chi connectivity index (χ0n) is 9.35. The molecule has 1 unspecified atom stereocenters. The summed E-state index contributed by atoms with van der Waals surface area (Å²) in [5.74, 6) is 0.0256.